The van der Waals surface area contributed by atoms with E-state index < -0.39 is 0 Å². The maximum absolute atomic E-state index is 13.0. The molecule has 0 spiro atoms. The molecule has 0 aromatic heterocycles. The lowest BCUT2D eigenvalue weighted by molar-refractivity contribution is 0.624. The van der Waals surface area contributed by atoms with Gasteiger partial charge in [-0.2, -0.15) is 0 Å². The first kappa shape index (κ1) is 13.8. The Morgan fingerprint density at radius 1 is 1.17 bits per heavy atom. The van der Waals surface area contributed by atoms with Gasteiger partial charge in [0.15, 0.2) is 0 Å². The molecule has 0 aliphatic rings. The van der Waals surface area contributed by atoms with Crippen LogP contribution in [0.2, 0.25) is 5.02 Å². The quantitative estimate of drug-likeness (QED) is 0.794. The topological polar surface area (TPSA) is 26.0 Å². The van der Waals surface area contributed by atoms with Crippen molar-refractivity contribution >= 4 is 34.2 Å². The highest BCUT2D eigenvalue weighted by molar-refractivity contribution is 14.1. The van der Waals surface area contributed by atoms with Crippen LogP contribution in [0.5, 0.6) is 0 Å². The standard InChI is InChI=1S/C14H12ClFIN/c15-13-8-10(16)3-6-12(13)14(18)7-9-1-4-11(17)5-2-9/h1-6,8,14H,7,18H2. The molecule has 0 amide bonds. The number of halogens is 3. The summed E-state index contributed by atoms with van der Waals surface area (Å²) in [5.41, 5.74) is 8.02. The van der Waals surface area contributed by atoms with E-state index in [2.05, 4.69) is 22.6 Å². The second kappa shape index (κ2) is 5.99. The van der Waals surface area contributed by atoms with Crippen LogP contribution < -0.4 is 5.73 Å². The molecule has 1 nitrogen and oxygen atoms in total. The average molecular weight is 376 g/mol. The van der Waals surface area contributed by atoms with Gasteiger partial charge in [0.25, 0.3) is 0 Å². The molecule has 0 bridgehead atoms. The number of rotatable bonds is 3. The van der Waals surface area contributed by atoms with Gasteiger partial charge in [-0.25, -0.2) is 4.39 Å². The van der Waals surface area contributed by atoms with Crippen LogP contribution >= 0.6 is 34.2 Å². The molecule has 2 aromatic rings. The average Bonchev–Trinajstić information content (AvgIpc) is 2.32. The largest absolute Gasteiger partial charge is 0.324 e. The van der Waals surface area contributed by atoms with E-state index in [4.69, 9.17) is 17.3 Å². The first-order valence-electron chi connectivity index (χ1n) is 5.51. The molecule has 1 atom stereocenters. The van der Waals surface area contributed by atoms with Crippen molar-refractivity contribution in [3.05, 3.63) is 68.0 Å². The summed E-state index contributed by atoms with van der Waals surface area (Å²) in [6.07, 6.45) is 0.683. The van der Waals surface area contributed by atoms with E-state index >= 15 is 0 Å². The second-order valence-electron chi connectivity index (χ2n) is 4.10. The van der Waals surface area contributed by atoms with Gasteiger partial charge >= 0.3 is 0 Å². The first-order valence-corrected chi connectivity index (χ1v) is 6.97. The molecular formula is C14H12ClFIN. The Balaban J connectivity index is 2.16. The third-order valence-corrected chi connectivity index (χ3v) is 3.78. The third-order valence-electron chi connectivity index (χ3n) is 2.73. The summed E-state index contributed by atoms with van der Waals surface area (Å²) in [6.45, 7) is 0. The smallest absolute Gasteiger partial charge is 0.124 e. The summed E-state index contributed by atoms with van der Waals surface area (Å²) in [5, 5.41) is 0.382. The van der Waals surface area contributed by atoms with Crippen molar-refractivity contribution < 1.29 is 4.39 Å². The van der Waals surface area contributed by atoms with Crippen LogP contribution in [-0.2, 0) is 6.42 Å². The number of hydrogen-bond acceptors (Lipinski definition) is 1. The Labute approximate surface area is 124 Å². The van der Waals surface area contributed by atoms with Crippen molar-refractivity contribution in [1.29, 1.82) is 0 Å². The van der Waals surface area contributed by atoms with E-state index in [0.717, 1.165) is 11.1 Å². The van der Waals surface area contributed by atoms with Crippen LogP contribution in [0.25, 0.3) is 0 Å². The van der Waals surface area contributed by atoms with Crippen molar-refractivity contribution in [2.24, 2.45) is 5.73 Å². The van der Waals surface area contributed by atoms with E-state index in [1.54, 1.807) is 6.07 Å². The second-order valence-corrected chi connectivity index (χ2v) is 5.76. The molecule has 2 aromatic carbocycles. The molecule has 18 heavy (non-hydrogen) atoms. The van der Waals surface area contributed by atoms with Crippen molar-refractivity contribution in [2.75, 3.05) is 0 Å². The fourth-order valence-electron chi connectivity index (χ4n) is 1.79. The van der Waals surface area contributed by atoms with Crippen LogP contribution in [-0.4, -0.2) is 0 Å². The van der Waals surface area contributed by atoms with Gasteiger partial charge in [0.2, 0.25) is 0 Å². The molecule has 1 unspecified atom stereocenters. The first-order chi connectivity index (χ1) is 8.56. The maximum Gasteiger partial charge on any atom is 0.124 e. The third kappa shape index (κ3) is 3.43. The SMILES string of the molecule is NC(Cc1ccc(I)cc1)c1ccc(F)cc1Cl. The molecule has 0 aliphatic carbocycles. The van der Waals surface area contributed by atoms with Gasteiger partial charge in [-0.1, -0.05) is 29.8 Å². The zero-order valence-corrected chi connectivity index (χ0v) is 12.5. The molecule has 0 aliphatic heterocycles. The van der Waals surface area contributed by atoms with Gasteiger partial charge in [-0.05, 0) is 64.4 Å². The Hall–Kier alpha value is -0.650. The fraction of sp³-hybridized carbons (Fsp3) is 0.143. The summed E-state index contributed by atoms with van der Waals surface area (Å²) >= 11 is 8.25. The Morgan fingerprint density at radius 3 is 2.44 bits per heavy atom. The van der Waals surface area contributed by atoms with E-state index in [1.807, 2.05) is 24.3 Å². The van der Waals surface area contributed by atoms with Crippen molar-refractivity contribution in [3.63, 3.8) is 0 Å². The van der Waals surface area contributed by atoms with Gasteiger partial charge in [0.1, 0.15) is 5.82 Å². The molecule has 0 radical (unpaired) electrons. The van der Waals surface area contributed by atoms with Crippen LogP contribution in [0.15, 0.2) is 42.5 Å². The van der Waals surface area contributed by atoms with Crippen LogP contribution in [0.4, 0.5) is 4.39 Å². The Bertz CT molecular complexity index is 542. The molecule has 0 fully saturated rings. The van der Waals surface area contributed by atoms with Crippen molar-refractivity contribution in [3.8, 4) is 0 Å². The molecule has 0 heterocycles. The summed E-state index contributed by atoms with van der Waals surface area (Å²) in [6, 6.07) is 12.3. The predicted octanol–water partition coefficient (Wildman–Crippen LogP) is 4.33. The highest BCUT2D eigenvalue weighted by Gasteiger charge is 2.11. The highest BCUT2D eigenvalue weighted by atomic mass is 127. The van der Waals surface area contributed by atoms with Crippen molar-refractivity contribution in [1.82, 2.24) is 0 Å². The van der Waals surface area contributed by atoms with Crippen LogP contribution in [0.3, 0.4) is 0 Å². The van der Waals surface area contributed by atoms with E-state index in [-0.39, 0.29) is 11.9 Å². The van der Waals surface area contributed by atoms with Gasteiger partial charge in [0, 0.05) is 14.6 Å². The van der Waals surface area contributed by atoms with E-state index in [9.17, 15) is 4.39 Å². The predicted molar refractivity (Wildman–Crippen MR) is 81.2 cm³/mol. The lowest BCUT2D eigenvalue weighted by atomic mass is 10.00. The molecule has 94 valence electrons. The summed E-state index contributed by atoms with van der Waals surface area (Å²) < 4.78 is 14.1. The monoisotopic (exact) mass is 375 g/mol. The molecule has 2 rings (SSSR count). The highest BCUT2D eigenvalue weighted by Crippen LogP contribution is 2.25. The number of hydrogen-bond donors (Lipinski definition) is 1. The lowest BCUT2D eigenvalue weighted by Crippen LogP contribution is -2.14. The summed E-state index contributed by atoms with van der Waals surface area (Å²) in [5.74, 6) is -0.342. The zero-order chi connectivity index (χ0) is 13.1. The summed E-state index contributed by atoms with van der Waals surface area (Å²) in [7, 11) is 0. The van der Waals surface area contributed by atoms with E-state index in [0.29, 0.717) is 11.4 Å². The normalized spacial score (nSPS) is 12.4. The zero-order valence-electron chi connectivity index (χ0n) is 9.54. The van der Waals surface area contributed by atoms with Gasteiger partial charge in [0.05, 0.1) is 0 Å². The Kier molecular flexibility index (Phi) is 4.59. The molecule has 4 heteroatoms. The van der Waals surface area contributed by atoms with Crippen LogP contribution in [0, 0.1) is 9.39 Å². The summed E-state index contributed by atoms with van der Waals surface area (Å²) in [4.78, 5) is 0. The minimum atomic E-state index is -0.342. The lowest BCUT2D eigenvalue weighted by Gasteiger charge is -2.14. The molecule has 2 N–H and O–H groups in total. The van der Waals surface area contributed by atoms with Crippen molar-refractivity contribution in [2.45, 2.75) is 12.5 Å². The maximum atomic E-state index is 13.0. The van der Waals surface area contributed by atoms with Crippen LogP contribution in [0.1, 0.15) is 17.2 Å². The van der Waals surface area contributed by atoms with E-state index in [1.165, 1.54) is 15.7 Å². The van der Waals surface area contributed by atoms with Gasteiger partial charge < -0.3 is 5.73 Å². The Morgan fingerprint density at radius 2 is 1.83 bits per heavy atom. The molecular weight excluding hydrogens is 364 g/mol. The molecule has 0 saturated carbocycles. The number of benzene rings is 2. The van der Waals surface area contributed by atoms with Gasteiger partial charge in [-0.3, -0.25) is 0 Å². The van der Waals surface area contributed by atoms with Gasteiger partial charge in [-0.15, -0.1) is 0 Å². The minimum absolute atomic E-state index is 0.224. The minimum Gasteiger partial charge on any atom is -0.324 e. The molecule has 0 saturated heterocycles. The number of nitrogens with two attached hydrogens (primary N) is 1. The fourth-order valence-corrected chi connectivity index (χ4v) is 2.45.